The molecule has 0 amide bonds. The van der Waals surface area contributed by atoms with Gasteiger partial charge >= 0.3 is 0 Å². The van der Waals surface area contributed by atoms with Crippen molar-refractivity contribution in [1.29, 1.82) is 0 Å². The van der Waals surface area contributed by atoms with Gasteiger partial charge in [0, 0.05) is 0 Å². The molecule has 3 aliphatic carbocycles. The number of allylic oxidation sites excluding steroid dienone is 3. The summed E-state index contributed by atoms with van der Waals surface area (Å²) in [5.41, 5.74) is 3.21. The first-order valence-corrected chi connectivity index (χ1v) is 43.9. The third-order valence-electron chi connectivity index (χ3n) is 21.3. The van der Waals surface area contributed by atoms with Gasteiger partial charge in [0.05, 0.1) is 29.5 Å². The van der Waals surface area contributed by atoms with Crippen LogP contribution in [0, 0.1) is 23.2 Å². The summed E-state index contributed by atoms with van der Waals surface area (Å²) in [7, 11) is -9.41. The molecule has 0 saturated heterocycles. The highest BCUT2D eigenvalue weighted by Gasteiger charge is 2.53. The summed E-state index contributed by atoms with van der Waals surface area (Å²) >= 11 is 0. The molecule has 418 valence electrons. The van der Waals surface area contributed by atoms with Crippen LogP contribution < -0.4 is 0 Å². The molecule has 3 saturated carbocycles. The van der Waals surface area contributed by atoms with Gasteiger partial charge in [0.2, 0.25) is 0 Å². The smallest absolute Gasteiger partial charge is 0.192 e. The molecule has 3 fully saturated rings. The van der Waals surface area contributed by atoms with Gasteiger partial charge in [-0.2, -0.15) is 0 Å². The van der Waals surface area contributed by atoms with E-state index >= 15 is 0 Å². The van der Waals surface area contributed by atoms with Crippen molar-refractivity contribution in [3.63, 3.8) is 0 Å². The van der Waals surface area contributed by atoms with E-state index in [1.165, 1.54) is 106 Å². The lowest BCUT2D eigenvalue weighted by molar-refractivity contribution is -0.0376. The lowest BCUT2D eigenvalue weighted by atomic mass is 9.60. The highest BCUT2D eigenvalue weighted by Crippen LogP contribution is 2.61. The van der Waals surface area contributed by atoms with Crippen LogP contribution in [0.25, 0.3) is 0 Å². The fourth-order valence-electron chi connectivity index (χ4n) is 13.7. The van der Waals surface area contributed by atoms with Gasteiger partial charge in [-0.05, 0) is 212 Å². The van der Waals surface area contributed by atoms with Crippen LogP contribution in [0.2, 0.25) is 90.7 Å². The van der Waals surface area contributed by atoms with E-state index in [0.717, 1.165) is 32.1 Å². The van der Waals surface area contributed by atoms with Gasteiger partial charge in [-0.3, -0.25) is 0 Å². The Morgan fingerprint density at radius 2 is 1.06 bits per heavy atom. The van der Waals surface area contributed by atoms with Crippen LogP contribution in [0.4, 0.5) is 0 Å². The van der Waals surface area contributed by atoms with E-state index in [1.54, 1.807) is 11.1 Å². The molecule has 0 unspecified atom stereocenters. The standard InChI is InChI=1S/C61H124O5Si5/c1-25-69(26-2,27-3)64-56(60(18,19)66-71(31-7,32-8)33-9)43-40-51(36-34-44-59(16,17)65-70(28-4,29-5)30-6)55-42-41-54-50(37-35-45-61(54,55)20)39-38-49-46-52(62-67(21,22)57(10,11)12)48-53(47-49)63-68(23,24)58(13,14)15/h38-39,51-56H,25-37,40-48H2,1-24H3/b49-38?,50-39+/t51-,52-,53+,54+,55+,56+,61-/m0/s1. The topological polar surface area (TPSA) is 46.2 Å². The van der Waals surface area contributed by atoms with Crippen molar-refractivity contribution in [3.8, 4) is 0 Å². The Morgan fingerprint density at radius 1 is 0.592 bits per heavy atom. The van der Waals surface area contributed by atoms with Crippen molar-refractivity contribution in [1.82, 2.24) is 0 Å². The zero-order chi connectivity index (χ0) is 54.1. The van der Waals surface area contributed by atoms with Gasteiger partial charge < -0.3 is 22.1 Å². The fraction of sp³-hybridized carbons (Fsp3) is 0.934. The van der Waals surface area contributed by atoms with Crippen LogP contribution in [-0.4, -0.2) is 71.1 Å². The highest BCUT2D eigenvalue weighted by atomic mass is 28.4. The molecular weight excluding hydrogens is 953 g/mol. The van der Waals surface area contributed by atoms with Crippen LogP contribution in [-0.2, 0) is 22.1 Å². The summed E-state index contributed by atoms with van der Waals surface area (Å²) < 4.78 is 37.1. The maximum atomic E-state index is 7.72. The first-order valence-electron chi connectivity index (χ1n) is 30.5. The Kier molecular flexibility index (Phi) is 24.4. The Morgan fingerprint density at radius 3 is 1.51 bits per heavy atom. The minimum atomic E-state index is -1.95. The van der Waals surface area contributed by atoms with Gasteiger partial charge in [-0.1, -0.05) is 147 Å². The number of hydrogen-bond donors (Lipinski definition) is 0. The Bertz CT molecular complexity index is 1600. The van der Waals surface area contributed by atoms with Gasteiger partial charge in [0.1, 0.15) is 0 Å². The van der Waals surface area contributed by atoms with Crippen molar-refractivity contribution in [2.75, 3.05) is 0 Å². The van der Waals surface area contributed by atoms with Crippen LogP contribution in [0.3, 0.4) is 0 Å². The van der Waals surface area contributed by atoms with E-state index in [0.29, 0.717) is 23.2 Å². The van der Waals surface area contributed by atoms with Crippen molar-refractivity contribution < 1.29 is 22.1 Å². The highest BCUT2D eigenvalue weighted by molar-refractivity contribution is 6.75. The first kappa shape index (κ1) is 65.6. The molecule has 0 N–H and O–H groups in total. The summed E-state index contributed by atoms with van der Waals surface area (Å²) in [6.45, 7) is 58.0. The molecule has 71 heavy (non-hydrogen) atoms. The molecule has 0 aliphatic heterocycles. The molecule has 0 heterocycles. The van der Waals surface area contributed by atoms with Crippen LogP contribution in [0.1, 0.15) is 222 Å². The average molecular weight is 1080 g/mol. The zero-order valence-corrected chi connectivity index (χ0v) is 57.2. The molecule has 0 aromatic heterocycles. The molecule has 0 radical (unpaired) electrons. The van der Waals surface area contributed by atoms with Crippen molar-refractivity contribution in [3.05, 3.63) is 23.3 Å². The predicted octanol–water partition coefficient (Wildman–Crippen LogP) is 20.6. The van der Waals surface area contributed by atoms with Gasteiger partial charge in [0.25, 0.3) is 0 Å². The number of rotatable bonds is 29. The zero-order valence-electron chi connectivity index (χ0n) is 52.2. The van der Waals surface area contributed by atoms with Crippen molar-refractivity contribution in [2.24, 2.45) is 23.2 Å². The largest absolute Gasteiger partial charge is 0.414 e. The SMILES string of the molecule is CC[Si](CC)(CC)O[C@H](CC[C@H](CCCC(C)(C)O[Si](CC)(CC)CC)[C@H]1CC[C@@H]2/C(=C/C=C3C[C@@H](O[Si](C)(C)C(C)(C)C)C[C@@H](O[Si](C)(C)C(C)(C)C)C3)CCC[C@@]21C)C(C)(C)O[Si](CC)(CC)CC. The van der Waals surface area contributed by atoms with Crippen LogP contribution >= 0.6 is 0 Å². The molecule has 3 aliphatic rings. The van der Waals surface area contributed by atoms with E-state index in [9.17, 15) is 0 Å². The quantitative estimate of drug-likeness (QED) is 0.0699. The molecule has 7 atom stereocenters. The van der Waals surface area contributed by atoms with Crippen LogP contribution in [0.5, 0.6) is 0 Å². The molecule has 10 heteroatoms. The third kappa shape index (κ3) is 16.9. The summed E-state index contributed by atoms with van der Waals surface area (Å²) in [4.78, 5) is 0. The number of fused-ring (bicyclic) bond motifs is 1. The maximum absolute atomic E-state index is 7.72. The number of hydrogen-bond acceptors (Lipinski definition) is 5. The van der Waals surface area contributed by atoms with Gasteiger partial charge in [-0.25, -0.2) is 0 Å². The monoisotopic (exact) mass is 1080 g/mol. The average Bonchev–Trinajstić information content (AvgIpc) is 3.65. The Balaban J connectivity index is 2.07. The maximum Gasteiger partial charge on any atom is 0.192 e. The lowest BCUT2D eigenvalue weighted by Gasteiger charge is -2.48. The molecule has 0 aromatic carbocycles. The summed E-state index contributed by atoms with van der Waals surface area (Å²) in [5, 5.41) is 0.368. The first-order chi connectivity index (χ1) is 32.7. The summed E-state index contributed by atoms with van der Waals surface area (Å²) in [5.74, 6) is 2.04. The lowest BCUT2D eigenvalue weighted by Crippen LogP contribution is -2.54. The normalized spacial score (nSPS) is 25.8. The molecule has 3 rings (SSSR count). The minimum Gasteiger partial charge on any atom is -0.414 e. The van der Waals surface area contributed by atoms with Gasteiger partial charge in [0.15, 0.2) is 41.6 Å². The van der Waals surface area contributed by atoms with Crippen molar-refractivity contribution >= 4 is 41.6 Å². The van der Waals surface area contributed by atoms with Crippen molar-refractivity contribution in [2.45, 2.75) is 342 Å². The Hall–Kier alpha value is 0.364. The molecule has 5 nitrogen and oxygen atoms in total. The predicted molar refractivity (Wildman–Crippen MR) is 326 cm³/mol. The van der Waals surface area contributed by atoms with E-state index in [1.807, 2.05) is 0 Å². The summed E-state index contributed by atoms with van der Waals surface area (Å²) in [6, 6.07) is 10.7. The van der Waals surface area contributed by atoms with E-state index in [4.69, 9.17) is 22.1 Å². The summed E-state index contributed by atoms with van der Waals surface area (Å²) in [6.07, 6.45) is 21.5. The second-order valence-corrected chi connectivity index (χ2v) is 52.1. The molecule has 0 spiro atoms. The fourth-order valence-corrected chi connectivity index (χ4v) is 25.8. The minimum absolute atomic E-state index is 0.0811. The van der Waals surface area contributed by atoms with Gasteiger partial charge in [-0.15, -0.1) is 0 Å². The van der Waals surface area contributed by atoms with E-state index in [2.05, 4.69) is 177 Å². The third-order valence-corrected chi connectivity index (χ3v) is 44.7. The molecular formula is C61H124O5Si5. The molecule has 0 aromatic rings. The second kappa shape index (κ2) is 26.3. The van der Waals surface area contributed by atoms with E-state index < -0.39 is 41.6 Å². The molecule has 0 bridgehead atoms. The van der Waals surface area contributed by atoms with Crippen LogP contribution in [0.15, 0.2) is 23.3 Å². The Labute approximate surface area is 449 Å². The van der Waals surface area contributed by atoms with E-state index in [-0.39, 0.29) is 39.6 Å². The second-order valence-electron chi connectivity index (χ2n) is 28.4.